The first-order valence-corrected chi connectivity index (χ1v) is 7.60. The van der Waals surface area contributed by atoms with Crippen molar-refractivity contribution in [3.63, 3.8) is 0 Å². The van der Waals surface area contributed by atoms with Crippen LogP contribution in [0.4, 0.5) is 0 Å². The molecule has 5 heteroatoms. The molecule has 0 aliphatic carbocycles. The summed E-state index contributed by atoms with van der Waals surface area (Å²) in [6.07, 6.45) is 0. The van der Waals surface area contributed by atoms with Crippen LogP contribution in [-0.2, 0) is 9.73 Å². The van der Waals surface area contributed by atoms with Crippen LogP contribution in [0.25, 0.3) is 5.70 Å². The second kappa shape index (κ2) is 5.79. The van der Waals surface area contributed by atoms with E-state index in [1.54, 1.807) is 55.6 Å². The third kappa shape index (κ3) is 3.19. The van der Waals surface area contributed by atoms with Crippen molar-refractivity contribution in [2.45, 2.75) is 4.90 Å². The molecule has 2 aromatic rings. The minimum atomic E-state index is -3.04. The number of hydrogen-bond acceptors (Lipinski definition) is 4. The lowest BCUT2D eigenvalue weighted by atomic mass is 10.2. The average Bonchev–Trinajstić information content (AvgIpc) is 2.48. The number of methoxy groups -OCH3 is 1. The van der Waals surface area contributed by atoms with Gasteiger partial charge in [-0.25, -0.2) is 8.99 Å². The molecule has 20 heavy (non-hydrogen) atoms. The van der Waals surface area contributed by atoms with Crippen LogP contribution in [-0.4, -0.2) is 11.3 Å². The minimum absolute atomic E-state index is 0.316. The van der Waals surface area contributed by atoms with Gasteiger partial charge >= 0.3 is 0 Å². The molecule has 1 unspecified atom stereocenters. The van der Waals surface area contributed by atoms with E-state index in [4.69, 9.17) is 15.3 Å². The molecule has 2 rings (SSSR count). The van der Waals surface area contributed by atoms with Crippen molar-refractivity contribution in [3.05, 3.63) is 65.6 Å². The number of hydrogen-bond donors (Lipinski definition) is 2. The summed E-state index contributed by atoms with van der Waals surface area (Å²) in [6, 6.07) is 15.7. The van der Waals surface area contributed by atoms with E-state index in [0.717, 1.165) is 5.75 Å². The van der Waals surface area contributed by atoms with Crippen molar-refractivity contribution >= 4 is 15.4 Å². The molecule has 0 aromatic heterocycles. The maximum absolute atomic E-state index is 12.4. The number of nitrogens with one attached hydrogen (secondary N) is 1. The lowest BCUT2D eigenvalue weighted by molar-refractivity contribution is 0.415. The topological polar surface area (TPSA) is 76.2 Å². The van der Waals surface area contributed by atoms with Gasteiger partial charge in [-0.1, -0.05) is 18.2 Å². The molecule has 1 atom stereocenters. The van der Waals surface area contributed by atoms with Gasteiger partial charge in [-0.05, 0) is 42.0 Å². The number of benzene rings is 2. The van der Waals surface area contributed by atoms with Gasteiger partial charge in [0.25, 0.3) is 0 Å². The van der Waals surface area contributed by atoms with Gasteiger partial charge in [0.05, 0.1) is 21.7 Å². The summed E-state index contributed by atoms with van der Waals surface area (Å²) >= 11 is 0. The Morgan fingerprint density at radius 1 is 1.15 bits per heavy atom. The molecule has 0 heterocycles. The summed E-state index contributed by atoms with van der Waals surface area (Å²) in [7, 11) is -1.46. The summed E-state index contributed by atoms with van der Waals surface area (Å²) in [5.41, 5.74) is 6.96. The van der Waals surface area contributed by atoms with Gasteiger partial charge in [0.1, 0.15) is 5.75 Å². The van der Waals surface area contributed by atoms with E-state index in [1.165, 1.54) is 5.41 Å². The highest BCUT2D eigenvalue weighted by molar-refractivity contribution is 7.95. The van der Waals surface area contributed by atoms with E-state index < -0.39 is 9.73 Å². The van der Waals surface area contributed by atoms with Crippen molar-refractivity contribution in [1.29, 1.82) is 4.78 Å². The molecule has 104 valence electrons. The lowest BCUT2D eigenvalue weighted by Crippen LogP contribution is -2.02. The second-order valence-corrected chi connectivity index (χ2v) is 6.12. The van der Waals surface area contributed by atoms with Gasteiger partial charge in [0.2, 0.25) is 0 Å². The van der Waals surface area contributed by atoms with Crippen LogP contribution < -0.4 is 10.5 Å². The van der Waals surface area contributed by atoms with Gasteiger partial charge < -0.3 is 10.5 Å². The Kier molecular flexibility index (Phi) is 4.10. The second-order valence-electron chi connectivity index (χ2n) is 4.22. The SMILES string of the molecule is COc1ccc(/C(N)=C/S(=N)(=O)c2ccccc2)cc1. The van der Waals surface area contributed by atoms with Crippen LogP contribution in [0, 0.1) is 4.78 Å². The molecule has 2 aromatic carbocycles. The normalized spacial score (nSPS) is 14.6. The standard InChI is InChI=1S/C15H16N2O2S/c1-19-13-9-7-12(8-10-13)15(16)11-20(17,18)14-5-3-2-4-6-14/h2-11,17H,16H2,1H3/b15-11-. The molecule has 0 spiro atoms. The predicted molar refractivity (Wildman–Crippen MR) is 80.7 cm³/mol. The summed E-state index contributed by atoms with van der Waals surface area (Å²) in [5, 5.41) is 1.30. The summed E-state index contributed by atoms with van der Waals surface area (Å²) in [4.78, 5) is 0.441. The first-order valence-electron chi connectivity index (χ1n) is 5.98. The van der Waals surface area contributed by atoms with E-state index in [-0.39, 0.29) is 0 Å². The molecular weight excluding hydrogens is 272 g/mol. The highest BCUT2D eigenvalue weighted by atomic mass is 32.2. The van der Waals surface area contributed by atoms with Gasteiger partial charge in [0.15, 0.2) is 0 Å². The van der Waals surface area contributed by atoms with Crippen molar-refractivity contribution in [1.82, 2.24) is 0 Å². The monoisotopic (exact) mass is 288 g/mol. The van der Waals surface area contributed by atoms with Crippen molar-refractivity contribution in [2.75, 3.05) is 7.11 Å². The fraction of sp³-hybridized carbons (Fsp3) is 0.0667. The smallest absolute Gasteiger partial charge is 0.118 e. The van der Waals surface area contributed by atoms with E-state index in [0.29, 0.717) is 16.2 Å². The molecule has 0 fully saturated rings. The predicted octanol–water partition coefficient (Wildman–Crippen LogP) is 3.06. The van der Waals surface area contributed by atoms with E-state index >= 15 is 0 Å². The van der Waals surface area contributed by atoms with Crippen LogP contribution >= 0.6 is 0 Å². The Labute approximate surface area is 118 Å². The molecular formula is C15H16N2O2S. The molecule has 4 nitrogen and oxygen atoms in total. The fourth-order valence-corrected chi connectivity index (χ4v) is 2.91. The lowest BCUT2D eigenvalue weighted by Gasteiger charge is -2.06. The first-order chi connectivity index (χ1) is 9.53. The first kappa shape index (κ1) is 14.1. The van der Waals surface area contributed by atoms with Crippen molar-refractivity contribution < 1.29 is 8.95 Å². The van der Waals surface area contributed by atoms with Crippen molar-refractivity contribution in [2.24, 2.45) is 5.73 Å². The molecule has 0 aliphatic heterocycles. The fourth-order valence-electron chi connectivity index (χ4n) is 1.72. The molecule has 0 aliphatic rings. The van der Waals surface area contributed by atoms with Gasteiger partial charge in [-0.15, -0.1) is 0 Å². The largest absolute Gasteiger partial charge is 0.497 e. The number of nitrogens with two attached hydrogens (primary N) is 1. The summed E-state index contributed by atoms with van der Waals surface area (Å²) in [5.74, 6) is 0.719. The third-order valence-corrected chi connectivity index (χ3v) is 4.37. The quantitative estimate of drug-likeness (QED) is 0.907. The number of rotatable bonds is 4. The minimum Gasteiger partial charge on any atom is -0.497 e. The van der Waals surface area contributed by atoms with Crippen LogP contribution in [0.1, 0.15) is 5.56 Å². The number of ether oxygens (including phenoxy) is 1. The van der Waals surface area contributed by atoms with Crippen LogP contribution in [0.3, 0.4) is 0 Å². The highest BCUT2D eigenvalue weighted by Gasteiger charge is 2.08. The Balaban J connectivity index is 2.34. The maximum Gasteiger partial charge on any atom is 0.118 e. The van der Waals surface area contributed by atoms with Crippen LogP contribution in [0.2, 0.25) is 0 Å². The Morgan fingerprint density at radius 3 is 2.30 bits per heavy atom. The van der Waals surface area contributed by atoms with E-state index in [9.17, 15) is 4.21 Å². The Hall–Kier alpha value is -2.27. The van der Waals surface area contributed by atoms with E-state index in [1.807, 2.05) is 6.07 Å². The average molecular weight is 288 g/mol. The third-order valence-electron chi connectivity index (χ3n) is 2.81. The summed E-state index contributed by atoms with van der Waals surface area (Å²) in [6.45, 7) is 0. The zero-order valence-electron chi connectivity index (χ0n) is 11.1. The molecule has 0 saturated carbocycles. The zero-order valence-corrected chi connectivity index (χ0v) is 11.9. The Bertz CT molecular complexity index is 705. The molecule has 3 N–H and O–H groups in total. The summed E-state index contributed by atoms with van der Waals surface area (Å²) < 4.78 is 25.4. The van der Waals surface area contributed by atoms with E-state index in [2.05, 4.69) is 0 Å². The van der Waals surface area contributed by atoms with Crippen LogP contribution in [0.15, 0.2) is 64.9 Å². The van der Waals surface area contributed by atoms with Crippen molar-refractivity contribution in [3.8, 4) is 5.75 Å². The molecule has 0 bridgehead atoms. The molecule has 0 radical (unpaired) electrons. The van der Waals surface area contributed by atoms with Gasteiger partial charge in [-0.2, -0.15) is 0 Å². The van der Waals surface area contributed by atoms with Crippen LogP contribution in [0.5, 0.6) is 5.75 Å². The Morgan fingerprint density at radius 2 is 1.75 bits per heavy atom. The maximum atomic E-state index is 12.4. The molecule has 0 amide bonds. The molecule has 0 saturated heterocycles. The van der Waals surface area contributed by atoms with Gasteiger partial charge in [-0.3, -0.25) is 0 Å². The highest BCUT2D eigenvalue weighted by Crippen LogP contribution is 2.19. The van der Waals surface area contributed by atoms with Gasteiger partial charge in [0, 0.05) is 11.1 Å². The zero-order chi connectivity index (χ0) is 14.6.